The first-order valence-corrected chi connectivity index (χ1v) is 10.6. The molecule has 1 fully saturated rings. The number of amides is 2. The van der Waals surface area contributed by atoms with Crippen LogP contribution in [-0.4, -0.2) is 56.3 Å². The first kappa shape index (κ1) is 21.9. The zero-order valence-electron chi connectivity index (χ0n) is 15.2. The molecule has 2 amide bonds. The number of β-lactam (4-membered cyclic amide) rings is 1. The highest BCUT2D eigenvalue weighted by molar-refractivity contribution is 8.00. The number of nitrogens with one attached hydrogen (secondary N) is 1. The van der Waals surface area contributed by atoms with Gasteiger partial charge in [0.15, 0.2) is 11.4 Å². The number of anilines is 1. The summed E-state index contributed by atoms with van der Waals surface area (Å²) in [5.41, 5.74) is 6.77. The summed E-state index contributed by atoms with van der Waals surface area (Å²) in [6.45, 7) is 1.13. The molecule has 0 aromatic carbocycles. The van der Waals surface area contributed by atoms with E-state index in [9.17, 15) is 19.2 Å². The van der Waals surface area contributed by atoms with Crippen LogP contribution in [0.5, 0.6) is 0 Å². The van der Waals surface area contributed by atoms with Gasteiger partial charge >= 0.3 is 12.1 Å². The van der Waals surface area contributed by atoms with E-state index >= 15 is 0 Å². The van der Waals surface area contributed by atoms with E-state index in [1.807, 2.05) is 0 Å². The van der Waals surface area contributed by atoms with Crippen molar-refractivity contribution in [2.24, 2.45) is 5.92 Å². The largest absolute Gasteiger partial charge is 0.512 e. The number of ether oxygens (including phenoxy) is 2. The maximum atomic E-state index is 12.7. The molecule has 2 unspecified atom stereocenters. The molecule has 14 heteroatoms. The summed E-state index contributed by atoms with van der Waals surface area (Å²) < 4.78 is 9.81. The van der Waals surface area contributed by atoms with E-state index in [-0.39, 0.29) is 22.3 Å². The normalized spacial score (nSPS) is 21.7. The van der Waals surface area contributed by atoms with Crippen LogP contribution in [0.25, 0.3) is 5.57 Å². The number of rotatable bonds is 6. The summed E-state index contributed by atoms with van der Waals surface area (Å²) in [7, 11) is 0. The molecule has 11 nitrogen and oxygen atoms in total. The Balaban J connectivity index is 1.79. The molecule has 0 spiro atoms. The minimum absolute atomic E-state index is 0.0310. The number of nitrogens with zero attached hydrogens (tertiary/aromatic N) is 2. The first-order valence-electron chi connectivity index (χ1n) is 8.28. The molecule has 1 aromatic heterocycles. The van der Waals surface area contributed by atoms with E-state index in [2.05, 4.69) is 15.0 Å². The first-order chi connectivity index (χ1) is 14.2. The molecule has 160 valence electrons. The number of aromatic nitrogens is 1. The molecule has 2 aliphatic heterocycles. The minimum Gasteiger partial charge on any atom is -0.449 e. The average molecular weight is 475 g/mol. The lowest BCUT2D eigenvalue weighted by molar-refractivity contribution is -0.170. The second-order valence-electron chi connectivity index (χ2n) is 5.97. The maximum Gasteiger partial charge on any atom is 0.512 e. The fraction of sp³-hybridized carbons (Fsp3) is 0.312. The van der Waals surface area contributed by atoms with Gasteiger partial charge in [-0.05, 0) is 6.08 Å². The smallest absolute Gasteiger partial charge is 0.449 e. The Morgan fingerprint density at radius 2 is 2.23 bits per heavy atom. The van der Waals surface area contributed by atoms with Crippen molar-refractivity contribution < 1.29 is 33.8 Å². The van der Waals surface area contributed by atoms with Gasteiger partial charge in [0.05, 0.1) is 11.3 Å². The molecule has 0 radical (unpaired) electrons. The Morgan fingerprint density at radius 3 is 2.80 bits per heavy atom. The second kappa shape index (κ2) is 8.93. The van der Waals surface area contributed by atoms with Gasteiger partial charge in [-0.1, -0.05) is 11.6 Å². The van der Waals surface area contributed by atoms with Crippen molar-refractivity contribution in [2.75, 3.05) is 11.5 Å². The number of nitrogens with two attached hydrogens (primary N) is 1. The standard InChI is InChI=1S/C16H15ClN4O7S2/c1-6(22)27-12(20-11(23)7(4-17)8-5-30-15(18)19-8)10-13(24)21-9(28-16(25)26)2-3-29-14(10)21/h2,4-5,10,12,14H,3H2,1H3,(H2,18,19)(H,20,23)(H,25,26)/t10?,12?,14-/m0/s1. The Kier molecular flexibility index (Phi) is 6.53. The highest BCUT2D eigenvalue weighted by Gasteiger charge is 2.56. The fourth-order valence-corrected chi connectivity index (χ4v) is 4.92. The number of nitrogen functional groups attached to an aromatic ring is 1. The van der Waals surface area contributed by atoms with E-state index < -0.39 is 41.5 Å². The Morgan fingerprint density at radius 1 is 1.50 bits per heavy atom. The molecule has 3 atom stereocenters. The van der Waals surface area contributed by atoms with Crippen molar-refractivity contribution in [2.45, 2.75) is 18.5 Å². The summed E-state index contributed by atoms with van der Waals surface area (Å²) in [6.07, 6.45) is -1.43. The Labute approximate surface area is 182 Å². The van der Waals surface area contributed by atoms with E-state index in [0.717, 1.165) is 28.7 Å². The van der Waals surface area contributed by atoms with Gasteiger partial charge in [-0.2, -0.15) is 0 Å². The average Bonchev–Trinajstić information content (AvgIpc) is 3.06. The monoisotopic (exact) mass is 474 g/mol. The molecule has 1 aromatic rings. The summed E-state index contributed by atoms with van der Waals surface area (Å²) in [6, 6.07) is 0. The molecular weight excluding hydrogens is 460 g/mol. The number of hydrogen-bond acceptors (Lipinski definition) is 10. The quantitative estimate of drug-likeness (QED) is 0.237. The molecular formula is C16H15ClN4O7S2. The van der Waals surface area contributed by atoms with Gasteiger partial charge in [0, 0.05) is 23.6 Å². The topological polar surface area (TPSA) is 161 Å². The van der Waals surface area contributed by atoms with Gasteiger partial charge < -0.3 is 25.6 Å². The number of thiazole rings is 1. The number of hydrogen-bond donors (Lipinski definition) is 3. The molecule has 0 saturated carbocycles. The van der Waals surface area contributed by atoms with Crippen LogP contribution in [0.1, 0.15) is 12.6 Å². The highest BCUT2D eigenvalue weighted by atomic mass is 35.5. The van der Waals surface area contributed by atoms with E-state index in [1.54, 1.807) is 0 Å². The van der Waals surface area contributed by atoms with Gasteiger partial charge in [-0.15, -0.1) is 23.1 Å². The van der Waals surface area contributed by atoms with E-state index in [1.165, 1.54) is 23.2 Å². The third kappa shape index (κ3) is 4.37. The lowest BCUT2D eigenvalue weighted by Crippen LogP contribution is -2.67. The SMILES string of the molecule is CC(=O)OC(NC(=O)C(=CCl)c1csc(N)n1)C1C(=O)N2C(OC(=O)O)=CCS[C@@H]12. The number of esters is 1. The van der Waals surface area contributed by atoms with Crippen LogP contribution in [0.15, 0.2) is 22.9 Å². The van der Waals surface area contributed by atoms with Gasteiger partial charge in [-0.3, -0.25) is 19.3 Å². The summed E-state index contributed by atoms with van der Waals surface area (Å²) in [5.74, 6) is -2.74. The zero-order chi connectivity index (χ0) is 22.0. The molecule has 3 heterocycles. The molecule has 0 bridgehead atoms. The molecule has 2 aliphatic rings. The van der Waals surface area contributed by atoms with Crippen molar-refractivity contribution in [3.05, 3.63) is 28.6 Å². The lowest BCUT2D eigenvalue weighted by atomic mass is 9.95. The van der Waals surface area contributed by atoms with Crippen LogP contribution in [0, 0.1) is 5.92 Å². The van der Waals surface area contributed by atoms with Crippen molar-refractivity contribution in [3.8, 4) is 0 Å². The van der Waals surface area contributed by atoms with Crippen LogP contribution >= 0.6 is 34.7 Å². The number of halogens is 1. The molecule has 1 saturated heterocycles. The number of thioether (sulfide) groups is 1. The molecule has 4 N–H and O–H groups in total. The van der Waals surface area contributed by atoms with Crippen LogP contribution in [0.4, 0.5) is 9.93 Å². The van der Waals surface area contributed by atoms with Gasteiger partial charge in [0.2, 0.25) is 11.8 Å². The number of fused-ring (bicyclic) bond motifs is 1. The van der Waals surface area contributed by atoms with Gasteiger partial charge in [-0.25, -0.2) is 9.78 Å². The van der Waals surface area contributed by atoms with Crippen LogP contribution in [0.3, 0.4) is 0 Å². The molecule has 30 heavy (non-hydrogen) atoms. The Bertz CT molecular complexity index is 963. The minimum atomic E-state index is -1.56. The van der Waals surface area contributed by atoms with Crippen LogP contribution in [-0.2, 0) is 23.9 Å². The summed E-state index contributed by atoms with van der Waals surface area (Å²) in [5, 5.41) is 12.5. The second-order valence-corrected chi connectivity index (χ2v) is 8.22. The van der Waals surface area contributed by atoms with E-state index in [0.29, 0.717) is 5.75 Å². The number of carbonyl (C=O) groups is 4. The number of carboxylic acid groups (broad SMARTS) is 1. The van der Waals surface area contributed by atoms with Crippen molar-refractivity contribution in [1.29, 1.82) is 0 Å². The lowest BCUT2D eigenvalue weighted by Gasteiger charge is -2.49. The third-order valence-electron chi connectivity index (χ3n) is 4.08. The highest BCUT2D eigenvalue weighted by Crippen LogP contribution is 2.43. The van der Waals surface area contributed by atoms with Crippen LogP contribution < -0.4 is 11.1 Å². The summed E-state index contributed by atoms with van der Waals surface area (Å²) >= 11 is 8.17. The third-order valence-corrected chi connectivity index (χ3v) is 6.18. The van der Waals surface area contributed by atoms with Crippen molar-refractivity contribution in [1.82, 2.24) is 15.2 Å². The number of carbonyl (C=O) groups excluding carboxylic acids is 3. The van der Waals surface area contributed by atoms with Crippen LogP contribution in [0.2, 0.25) is 0 Å². The molecule has 3 rings (SSSR count). The zero-order valence-corrected chi connectivity index (χ0v) is 17.6. The van der Waals surface area contributed by atoms with Gasteiger partial charge in [0.1, 0.15) is 11.3 Å². The predicted molar refractivity (Wildman–Crippen MR) is 108 cm³/mol. The maximum absolute atomic E-state index is 12.7. The van der Waals surface area contributed by atoms with Crippen molar-refractivity contribution in [3.63, 3.8) is 0 Å². The predicted octanol–water partition coefficient (Wildman–Crippen LogP) is 1.38. The molecule has 0 aliphatic carbocycles. The summed E-state index contributed by atoms with van der Waals surface area (Å²) in [4.78, 5) is 52.9. The fourth-order valence-electron chi connectivity index (χ4n) is 2.89. The van der Waals surface area contributed by atoms with Gasteiger partial charge in [0.25, 0.3) is 5.91 Å². The Hall–Kier alpha value is -2.77. The van der Waals surface area contributed by atoms with E-state index in [4.69, 9.17) is 27.2 Å². The van der Waals surface area contributed by atoms with Crippen molar-refractivity contribution >= 4 is 69.3 Å².